The molecule has 43 heavy (non-hydrogen) atoms. The third kappa shape index (κ3) is 7.87. The van der Waals surface area contributed by atoms with Gasteiger partial charge in [0.1, 0.15) is 17.6 Å². The number of carbonyl (C=O) groups excluding carboxylic acids is 4. The van der Waals surface area contributed by atoms with E-state index in [0.29, 0.717) is 16.9 Å². The van der Waals surface area contributed by atoms with Gasteiger partial charge in [-0.1, -0.05) is 44.2 Å². The molecule has 0 aliphatic carbocycles. The number of imide groups is 1. The molecule has 6 amide bonds. The van der Waals surface area contributed by atoms with E-state index in [1.165, 1.54) is 4.90 Å². The van der Waals surface area contributed by atoms with Gasteiger partial charge in [0.15, 0.2) is 0 Å². The van der Waals surface area contributed by atoms with Crippen LogP contribution in [0.1, 0.15) is 51.7 Å². The predicted octanol–water partition coefficient (Wildman–Crippen LogP) is 3.64. The van der Waals surface area contributed by atoms with Gasteiger partial charge in [0.05, 0.1) is 6.42 Å². The summed E-state index contributed by atoms with van der Waals surface area (Å²) in [7, 11) is 0. The van der Waals surface area contributed by atoms with Crippen molar-refractivity contribution in [2.24, 2.45) is 5.92 Å². The fraction of sp³-hybridized carbons (Fsp3) is 0.400. The Hall–Kier alpha value is -4.94. The number of anilines is 2. The summed E-state index contributed by atoms with van der Waals surface area (Å²) in [6.07, 6.45) is -0.828. The maximum Gasteiger partial charge on any atom is 0.328 e. The molecule has 2 aromatic rings. The summed E-state index contributed by atoms with van der Waals surface area (Å²) in [5.41, 5.74) is 1.39. The van der Waals surface area contributed by atoms with E-state index in [0.717, 1.165) is 10.5 Å². The van der Waals surface area contributed by atoms with Gasteiger partial charge in [0.2, 0.25) is 5.91 Å². The van der Waals surface area contributed by atoms with Crippen LogP contribution in [0, 0.1) is 12.8 Å². The van der Waals surface area contributed by atoms with Gasteiger partial charge in [-0.05, 0) is 62.4 Å². The lowest BCUT2D eigenvalue weighted by Gasteiger charge is -2.28. The normalized spacial score (nSPS) is 15.7. The Bertz CT molecular complexity index is 1410. The highest BCUT2D eigenvalue weighted by Gasteiger charge is 2.54. The molecule has 2 atom stereocenters. The second-order valence-corrected chi connectivity index (χ2v) is 11.3. The molecule has 1 fully saturated rings. The molecule has 3 rings (SSSR count). The monoisotopic (exact) mass is 595 g/mol. The molecular formula is C30H37N5O8. The summed E-state index contributed by atoms with van der Waals surface area (Å²) in [6.45, 7) is 8.54. The van der Waals surface area contributed by atoms with Crippen LogP contribution >= 0.6 is 0 Å². The van der Waals surface area contributed by atoms with Crippen LogP contribution in [0.3, 0.4) is 0 Å². The van der Waals surface area contributed by atoms with E-state index < -0.39 is 59.9 Å². The van der Waals surface area contributed by atoms with Crippen LogP contribution in [-0.4, -0.2) is 73.5 Å². The zero-order valence-electron chi connectivity index (χ0n) is 24.7. The third-order valence-corrected chi connectivity index (χ3v) is 7.10. The van der Waals surface area contributed by atoms with Crippen LogP contribution < -0.4 is 16.0 Å². The number of carboxylic acids is 2. The molecule has 0 radical (unpaired) electrons. The first-order valence-corrected chi connectivity index (χ1v) is 13.7. The van der Waals surface area contributed by atoms with Crippen molar-refractivity contribution in [1.29, 1.82) is 0 Å². The molecule has 0 spiro atoms. The zero-order valence-corrected chi connectivity index (χ0v) is 24.7. The van der Waals surface area contributed by atoms with Crippen LogP contribution in [-0.2, 0) is 25.7 Å². The summed E-state index contributed by atoms with van der Waals surface area (Å²) in [6, 6.07) is 9.80. The van der Waals surface area contributed by atoms with Crippen molar-refractivity contribution in [3.8, 4) is 0 Å². The molecule has 5 N–H and O–H groups in total. The molecule has 0 saturated carbocycles. The summed E-state index contributed by atoms with van der Waals surface area (Å²) >= 11 is 0. The first-order chi connectivity index (χ1) is 20.1. The topological polar surface area (TPSA) is 185 Å². The number of urea groups is 2. The van der Waals surface area contributed by atoms with Crippen molar-refractivity contribution in [1.82, 2.24) is 15.1 Å². The molecule has 1 aliphatic heterocycles. The Labute approximate surface area is 249 Å². The molecule has 2 unspecified atom stereocenters. The number of nitrogens with zero attached hydrogens (tertiary/aromatic N) is 2. The highest BCUT2D eigenvalue weighted by Crippen LogP contribution is 2.33. The maximum atomic E-state index is 13.6. The molecule has 0 bridgehead atoms. The summed E-state index contributed by atoms with van der Waals surface area (Å²) in [5, 5.41) is 26.1. The Kier molecular flexibility index (Phi) is 10.1. The van der Waals surface area contributed by atoms with Gasteiger partial charge in [-0.2, -0.15) is 0 Å². The molecule has 13 heteroatoms. The van der Waals surface area contributed by atoms with E-state index >= 15 is 0 Å². The molecule has 2 aromatic carbocycles. The van der Waals surface area contributed by atoms with Crippen LogP contribution in [0.5, 0.6) is 0 Å². The number of nitrogens with one attached hydrogen (secondary N) is 3. The summed E-state index contributed by atoms with van der Waals surface area (Å²) < 4.78 is 0. The van der Waals surface area contributed by atoms with Crippen LogP contribution in [0.2, 0.25) is 0 Å². The molecule has 13 nitrogen and oxygen atoms in total. The molecule has 0 aromatic heterocycles. The van der Waals surface area contributed by atoms with Crippen molar-refractivity contribution >= 4 is 47.2 Å². The third-order valence-electron chi connectivity index (χ3n) is 7.10. The zero-order chi connectivity index (χ0) is 32.1. The quantitative estimate of drug-likeness (QED) is 0.230. The highest BCUT2D eigenvalue weighted by atomic mass is 16.4. The number of aliphatic carboxylic acids is 2. The van der Waals surface area contributed by atoms with E-state index in [4.69, 9.17) is 5.11 Å². The number of carbonyl (C=O) groups is 6. The number of para-hydroxylation sites is 1. The Balaban J connectivity index is 1.76. The van der Waals surface area contributed by atoms with Gasteiger partial charge in [-0.15, -0.1) is 0 Å². The number of aryl methyl sites for hydroxylation is 1. The maximum absolute atomic E-state index is 13.6. The van der Waals surface area contributed by atoms with E-state index in [2.05, 4.69) is 16.0 Å². The van der Waals surface area contributed by atoms with Crippen LogP contribution in [0.25, 0.3) is 0 Å². The van der Waals surface area contributed by atoms with Crippen molar-refractivity contribution in [2.45, 2.75) is 71.6 Å². The van der Waals surface area contributed by atoms with Crippen molar-refractivity contribution in [3.05, 3.63) is 59.7 Å². The van der Waals surface area contributed by atoms with Crippen molar-refractivity contribution < 1.29 is 39.0 Å². The van der Waals surface area contributed by atoms with Crippen molar-refractivity contribution in [3.63, 3.8) is 0 Å². The van der Waals surface area contributed by atoms with E-state index in [1.807, 2.05) is 25.1 Å². The van der Waals surface area contributed by atoms with Gasteiger partial charge in [0, 0.05) is 17.9 Å². The minimum Gasteiger partial charge on any atom is -0.481 e. The number of hydrogen-bond acceptors (Lipinski definition) is 6. The Morgan fingerprint density at radius 2 is 1.56 bits per heavy atom. The second-order valence-electron chi connectivity index (χ2n) is 11.3. The lowest BCUT2D eigenvalue weighted by molar-refractivity contribution is -0.148. The fourth-order valence-corrected chi connectivity index (χ4v) is 4.70. The minimum atomic E-state index is -1.73. The SMILES string of the molecule is Cc1ccccc1NC(=O)Nc1ccc(CN2C(=O)N(C(CC(C)C)C(=O)NC(CC(=O)O)C(=O)O)C(=O)C2(C)C)cc1. The van der Waals surface area contributed by atoms with Gasteiger partial charge in [-0.3, -0.25) is 14.4 Å². The van der Waals surface area contributed by atoms with Crippen molar-refractivity contribution in [2.75, 3.05) is 10.6 Å². The van der Waals surface area contributed by atoms with Gasteiger partial charge in [0.25, 0.3) is 5.91 Å². The number of rotatable bonds is 12. The Morgan fingerprint density at radius 3 is 2.12 bits per heavy atom. The molecule has 1 heterocycles. The predicted molar refractivity (Wildman–Crippen MR) is 157 cm³/mol. The largest absolute Gasteiger partial charge is 0.481 e. The van der Waals surface area contributed by atoms with E-state index in [9.17, 15) is 33.9 Å². The summed E-state index contributed by atoms with van der Waals surface area (Å²) in [5.74, 6) is -4.72. The first-order valence-electron chi connectivity index (χ1n) is 13.7. The number of carboxylic acid groups (broad SMARTS) is 2. The second kappa shape index (κ2) is 13.4. The first kappa shape index (κ1) is 32.6. The van der Waals surface area contributed by atoms with E-state index in [1.54, 1.807) is 58.0 Å². The molecular weight excluding hydrogens is 558 g/mol. The standard InChI is InChI=1S/C30H37N5O8/c1-17(2)14-23(25(38)32-22(26(39)40)15-24(36)37)35-27(41)30(4,5)34(29(35)43)16-19-10-12-20(13-11-19)31-28(42)33-21-9-7-6-8-18(21)3/h6-13,17,22-23H,14-16H2,1-5H3,(H,32,38)(H,36,37)(H,39,40)(H2,31,33,42). The van der Waals surface area contributed by atoms with Gasteiger partial charge in [-0.25, -0.2) is 19.3 Å². The number of amides is 6. The molecule has 1 saturated heterocycles. The number of hydrogen-bond donors (Lipinski definition) is 5. The van der Waals surface area contributed by atoms with Crippen LogP contribution in [0.15, 0.2) is 48.5 Å². The van der Waals surface area contributed by atoms with Gasteiger partial charge >= 0.3 is 24.0 Å². The molecule has 230 valence electrons. The minimum absolute atomic E-state index is 0.0105. The number of benzene rings is 2. The average molecular weight is 596 g/mol. The lowest BCUT2D eigenvalue weighted by atomic mass is 9.99. The van der Waals surface area contributed by atoms with E-state index in [-0.39, 0.29) is 18.9 Å². The lowest BCUT2D eigenvalue weighted by Crippen LogP contribution is -2.54. The smallest absolute Gasteiger partial charge is 0.328 e. The molecule has 1 aliphatic rings. The van der Waals surface area contributed by atoms with Gasteiger partial charge < -0.3 is 31.1 Å². The summed E-state index contributed by atoms with van der Waals surface area (Å²) in [4.78, 5) is 77.6. The average Bonchev–Trinajstić information content (AvgIpc) is 3.07. The Morgan fingerprint density at radius 1 is 0.930 bits per heavy atom. The highest BCUT2D eigenvalue weighted by molar-refractivity contribution is 6.09. The van der Waals surface area contributed by atoms with Crippen LogP contribution in [0.4, 0.5) is 21.0 Å². The fourth-order valence-electron chi connectivity index (χ4n) is 4.70.